The second kappa shape index (κ2) is 12.0. The molecule has 1 aromatic rings. The van der Waals surface area contributed by atoms with Gasteiger partial charge in [-0.15, -0.1) is 11.6 Å². The van der Waals surface area contributed by atoms with Crippen molar-refractivity contribution in [3.63, 3.8) is 0 Å². The number of para-hydroxylation sites is 1. The molecule has 0 saturated carbocycles. The van der Waals surface area contributed by atoms with Crippen molar-refractivity contribution in [1.82, 2.24) is 10.6 Å². The lowest BCUT2D eigenvalue weighted by Crippen LogP contribution is -2.54. The van der Waals surface area contributed by atoms with E-state index in [4.69, 9.17) is 11.6 Å². The Morgan fingerprint density at radius 3 is 2.22 bits per heavy atom. The molecular formula is C20H32ClN3O3. The fourth-order valence-electron chi connectivity index (χ4n) is 2.66. The topological polar surface area (TPSA) is 90.5 Å². The number of rotatable bonds is 11. The smallest absolute Gasteiger partial charge is 0.246 e. The highest BCUT2D eigenvalue weighted by atomic mass is 35.5. The van der Waals surface area contributed by atoms with Gasteiger partial charge >= 0.3 is 0 Å². The van der Waals surface area contributed by atoms with Crippen LogP contribution in [-0.2, 0) is 9.59 Å². The van der Waals surface area contributed by atoms with E-state index in [1.807, 2.05) is 45.9 Å². The summed E-state index contributed by atoms with van der Waals surface area (Å²) in [6.07, 6.45) is -0.201. The van der Waals surface area contributed by atoms with Crippen molar-refractivity contribution in [3.8, 4) is 0 Å². The first-order valence-corrected chi connectivity index (χ1v) is 9.91. The van der Waals surface area contributed by atoms with Crippen molar-refractivity contribution in [1.29, 1.82) is 0 Å². The maximum atomic E-state index is 12.8. The number of amides is 2. The molecule has 0 saturated heterocycles. The van der Waals surface area contributed by atoms with Crippen molar-refractivity contribution >= 4 is 29.1 Å². The average molecular weight is 398 g/mol. The standard InChI is InChI=1S/C20H32ClN3O3/c1-13(2)10-17(19(26)23-15-8-6-5-7-9-15)24-20(27)18(14(3)4)22-12-16(25)11-21/h5-9,13-14,16-18,22,25H,10-12H2,1-4H3,(H,23,26)(H,24,27)/t16-,17-,18-/m0/s1. The summed E-state index contributed by atoms with van der Waals surface area (Å²) in [6, 6.07) is 7.99. The highest BCUT2D eigenvalue weighted by Crippen LogP contribution is 2.11. The largest absolute Gasteiger partial charge is 0.391 e. The minimum absolute atomic E-state index is 0.00981. The molecule has 0 bridgehead atoms. The number of hydrogen-bond acceptors (Lipinski definition) is 4. The molecule has 1 rings (SSSR count). The summed E-state index contributed by atoms with van der Waals surface area (Å²) in [7, 11) is 0. The number of hydrogen-bond donors (Lipinski definition) is 4. The van der Waals surface area contributed by atoms with Crippen molar-refractivity contribution in [2.75, 3.05) is 17.7 Å². The molecule has 0 spiro atoms. The zero-order valence-electron chi connectivity index (χ0n) is 16.5. The van der Waals surface area contributed by atoms with Crippen LogP contribution in [-0.4, -0.2) is 47.5 Å². The molecule has 0 radical (unpaired) electrons. The van der Waals surface area contributed by atoms with Gasteiger partial charge in [-0.2, -0.15) is 0 Å². The number of anilines is 1. The molecule has 0 aliphatic carbocycles. The van der Waals surface area contributed by atoms with Crippen LogP contribution in [0.25, 0.3) is 0 Å². The Balaban J connectivity index is 2.80. The highest BCUT2D eigenvalue weighted by Gasteiger charge is 2.28. The zero-order chi connectivity index (χ0) is 20.4. The van der Waals surface area contributed by atoms with Gasteiger partial charge < -0.3 is 21.1 Å². The van der Waals surface area contributed by atoms with Crippen LogP contribution in [0.3, 0.4) is 0 Å². The first kappa shape index (κ1) is 23.4. The predicted molar refractivity (Wildman–Crippen MR) is 110 cm³/mol. The van der Waals surface area contributed by atoms with E-state index in [1.165, 1.54) is 0 Å². The normalized spacial score (nSPS) is 14.7. The quantitative estimate of drug-likeness (QED) is 0.431. The van der Waals surface area contributed by atoms with Crippen LogP contribution in [0, 0.1) is 11.8 Å². The molecule has 152 valence electrons. The summed E-state index contributed by atoms with van der Waals surface area (Å²) < 4.78 is 0. The number of aliphatic hydroxyl groups is 1. The molecule has 4 N–H and O–H groups in total. The molecule has 0 aromatic heterocycles. The number of carbonyl (C=O) groups excluding carboxylic acids is 2. The number of aliphatic hydroxyl groups excluding tert-OH is 1. The molecule has 0 aliphatic rings. The molecule has 6 nitrogen and oxygen atoms in total. The Bertz CT molecular complexity index is 581. The SMILES string of the molecule is CC(C)C[C@H](NC(=O)[C@@H](NC[C@@H](O)CCl)C(C)C)C(=O)Nc1ccccc1. The fraction of sp³-hybridized carbons (Fsp3) is 0.600. The fourth-order valence-corrected chi connectivity index (χ4v) is 2.77. The predicted octanol–water partition coefficient (Wildman–Crippen LogP) is 2.37. The van der Waals surface area contributed by atoms with E-state index in [0.29, 0.717) is 12.1 Å². The molecular weight excluding hydrogens is 366 g/mol. The summed E-state index contributed by atoms with van der Waals surface area (Å²) in [6.45, 7) is 8.04. The van der Waals surface area contributed by atoms with E-state index in [0.717, 1.165) is 0 Å². The van der Waals surface area contributed by atoms with Gasteiger partial charge in [0.05, 0.1) is 12.1 Å². The molecule has 3 atom stereocenters. The van der Waals surface area contributed by atoms with Gasteiger partial charge in [0.2, 0.25) is 11.8 Å². The molecule has 0 heterocycles. The monoisotopic (exact) mass is 397 g/mol. The minimum Gasteiger partial charge on any atom is -0.391 e. The van der Waals surface area contributed by atoms with E-state index in [9.17, 15) is 14.7 Å². The number of carbonyl (C=O) groups is 2. The highest BCUT2D eigenvalue weighted by molar-refractivity contribution is 6.18. The molecule has 1 aromatic carbocycles. The van der Waals surface area contributed by atoms with Crippen LogP contribution in [0.5, 0.6) is 0 Å². The summed E-state index contributed by atoms with van der Waals surface area (Å²) in [4.78, 5) is 25.5. The third-order valence-corrected chi connectivity index (χ3v) is 4.44. The lowest BCUT2D eigenvalue weighted by molar-refractivity contribution is -0.129. The van der Waals surface area contributed by atoms with Crippen molar-refractivity contribution in [3.05, 3.63) is 30.3 Å². The third kappa shape index (κ3) is 8.73. The molecule has 7 heteroatoms. The van der Waals surface area contributed by atoms with E-state index in [-0.39, 0.29) is 36.1 Å². The maximum absolute atomic E-state index is 12.8. The number of benzene rings is 1. The summed E-state index contributed by atoms with van der Waals surface area (Å²) in [5.74, 6) is -0.188. The van der Waals surface area contributed by atoms with Crippen LogP contribution in [0.4, 0.5) is 5.69 Å². The molecule has 2 amide bonds. The van der Waals surface area contributed by atoms with Crippen LogP contribution in [0.2, 0.25) is 0 Å². The van der Waals surface area contributed by atoms with Crippen molar-refractivity contribution in [2.24, 2.45) is 11.8 Å². The second-order valence-corrected chi connectivity index (χ2v) is 7.79. The van der Waals surface area contributed by atoms with Crippen LogP contribution in [0.1, 0.15) is 34.1 Å². The summed E-state index contributed by atoms with van der Waals surface area (Å²) in [5, 5.41) is 18.4. The van der Waals surface area contributed by atoms with Crippen molar-refractivity contribution < 1.29 is 14.7 Å². The van der Waals surface area contributed by atoms with Crippen LogP contribution >= 0.6 is 11.6 Å². The molecule has 27 heavy (non-hydrogen) atoms. The van der Waals surface area contributed by atoms with Gasteiger partial charge in [-0.3, -0.25) is 9.59 Å². The van der Waals surface area contributed by atoms with E-state index in [2.05, 4.69) is 16.0 Å². The van der Waals surface area contributed by atoms with Gasteiger partial charge in [0.15, 0.2) is 0 Å². The van der Waals surface area contributed by atoms with Crippen LogP contribution < -0.4 is 16.0 Å². The first-order chi connectivity index (χ1) is 12.7. The van der Waals surface area contributed by atoms with Gasteiger partial charge in [0.25, 0.3) is 0 Å². The van der Waals surface area contributed by atoms with E-state index < -0.39 is 18.2 Å². The Morgan fingerprint density at radius 1 is 1.07 bits per heavy atom. The minimum atomic E-state index is -0.728. The second-order valence-electron chi connectivity index (χ2n) is 7.48. The lowest BCUT2D eigenvalue weighted by atomic mass is 9.99. The van der Waals surface area contributed by atoms with Gasteiger partial charge in [-0.05, 0) is 30.4 Å². The molecule has 0 aliphatic heterocycles. The Kier molecular flexibility index (Phi) is 10.4. The number of alkyl halides is 1. The summed E-state index contributed by atoms with van der Waals surface area (Å²) in [5.41, 5.74) is 0.689. The van der Waals surface area contributed by atoms with Crippen LogP contribution in [0.15, 0.2) is 30.3 Å². The number of nitrogens with one attached hydrogen (secondary N) is 3. The lowest BCUT2D eigenvalue weighted by Gasteiger charge is -2.26. The van der Waals surface area contributed by atoms with Gasteiger partial charge in [0.1, 0.15) is 6.04 Å². The summed E-state index contributed by atoms with van der Waals surface area (Å²) >= 11 is 5.61. The van der Waals surface area contributed by atoms with Crippen molar-refractivity contribution in [2.45, 2.75) is 52.3 Å². The molecule has 0 unspecified atom stereocenters. The zero-order valence-corrected chi connectivity index (χ0v) is 17.3. The maximum Gasteiger partial charge on any atom is 0.246 e. The average Bonchev–Trinajstić information content (AvgIpc) is 2.61. The Morgan fingerprint density at radius 2 is 1.70 bits per heavy atom. The molecule has 0 fully saturated rings. The first-order valence-electron chi connectivity index (χ1n) is 9.38. The number of halogens is 1. The Labute approximate surface area is 167 Å². The van der Waals surface area contributed by atoms with Gasteiger partial charge in [0, 0.05) is 18.1 Å². The van der Waals surface area contributed by atoms with Gasteiger partial charge in [-0.25, -0.2) is 0 Å². The van der Waals surface area contributed by atoms with E-state index >= 15 is 0 Å². The van der Waals surface area contributed by atoms with E-state index in [1.54, 1.807) is 12.1 Å². The Hall–Kier alpha value is -1.63. The van der Waals surface area contributed by atoms with Gasteiger partial charge in [-0.1, -0.05) is 45.9 Å². The third-order valence-electron chi connectivity index (χ3n) is 4.08.